The van der Waals surface area contributed by atoms with Crippen molar-refractivity contribution in [2.45, 2.75) is 46.0 Å². The highest BCUT2D eigenvalue weighted by molar-refractivity contribution is 4.96. The van der Waals surface area contributed by atoms with Crippen molar-refractivity contribution >= 4 is 0 Å². The summed E-state index contributed by atoms with van der Waals surface area (Å²) in [5, 5.41) is 8.12. The smallest absolute Gasteiger partial charge is 0.153 e. The lowest BCUT2D eigenvalue weighted by Gasteiger charge is -2.10. The van der Waals surface area contributed by atoms with Crippen molar-refractivity contribution in [3.63, 3.8) is 0 Å². The van der Waals surface area contributed by atoms with Crippen molar-refractivity contribution in [2.75, 3.05) is 0 Å². The molecule has 0 aromatic carbocycles. The Morgan fingerprint density at radius 3 is 2.54 bits per heavy atom. The number of aromatic nitrogens is 3. The standard InChI is InChI=1S/C10H17N3/c1-4-6-9(5-2)10-11-7-8(3)12-13-10/h7,9H,4-6H2,1-3H3. The summed E-state index contributed by atoms with van der Waals surface area (Å²) in [4.78, 5) is 4.29. The molecule has 0 fully saturated rings. The average molecular weight is 179 g/mol. The molecule has 1 rings (SSSR count). The van der Waals surface area contributed by atoms with Gasteiger partial charge in [-0.05, 0) is 19.8 Å². The molecule has 1 unspecified atom stereocenters. The molecule has 3 nitrogen and oxygen atoms in total. The topological polar surface area (TPSA) is 38.7 Å². The Labute approximate surface area is 79.6 Å². The third-order valence-electron chi connectivity index (χ3n) is 2.19. The summed E-state index contributed by atoms with van der Waals surface area (Å²) < 4.78 is 0. The van der Waals surface area contributed by atoms with Crippen LogP contribution in [0.15, 0.2) is 6.20 Å². The molecular weight excluding hydrogens is 162 g/mol. The van der Waals surface area contributed by atoms with Gasteiger partial charge in [0.05, 0.1) is 11.9 Å². The predicted molar refractivity (Wildman–Crippen MR) is 52.5 cm³/mol. The second-order valence-electron chi connectivity index (χ2n) is 3.35. The first kappa shape index (κ1) is 10.1. The molecule has 1 aromatic heterocycles. The van der Waals surface area contributed by atoms with Crippen LogP contribution in [0.1, 0.15) is 50.5 Å². The van der Waals surface area contributed by atoms with E-state index in [0.29, 0.717) is 5.92 Å². The van der Waals surface area contributed by atoms with Crippen molar-refractivity contribution in [2.24, 2.45) is 0 Å². The maximum absolute atomic E-state index is 4.29. The van der Waals surface area contributed by atoms with Crippen LogP contribution in [0.4, 0.5) is 0 Å². The Morgan fingerprint density at radius 2 is 2.08 bits per heavy atom. The van der Waals surface area contributed by atoms with Crippen LogP contribution in [0.25, 0.3) is 0 Å². The number of aryl methyl sites for hydroxylation is 1. The molecule has 0 radical (unpaired) electrons. The lowest BCUT2D eigenvalue weighted by Crippen LogP contribution is -2.05. The van der Waals surface area contributed by atoms with Crippen LogP contribution in [0, 0.1) is 6.92 Å². The molecular formula is C10H17N3. The van der Waals surface area contributed by atoms with E-state index in [9.17, 15) is 0 Å². The average Bonchev–Trinajstić information content (AvgIpc) is 2.16. The summed E-state index contributed by atoms with van der Waals surface area (Å²) in [7, 11) is 0. The van der Waals surface area contributed by atoms with Crippen molar-refractivity contribution in [3.8, 4) is 0 Å². The maximum Gasteiger partial charge on any atom is 0.153 e. The van der Waals surface area contributed by atoms with Gasteiger partial charge < -0.3 is 0 Å². The van der Waals surface area contributed by atoms with E-state index in [-0.39, 0.29) is 0 Å². The number of hydrogen-bond donors (Lipinski definition) is 0. The van der Waals surface area contributed by atoms with Crippen molar-refractivity contribution < 1.29 is 0 Å². The monoisotopic (exact) mass is 179 g/mol. The summed E-state index contributed by atoms with van der Waals surface area (Å²) in [6.45, 7) is 6.26. The zero-order valence-corrected chi connectivity index (χ0v) is 8.62. The molecule has 0 amide bonds. The second kappa shape index (κ2) is 4.90. The van der Waals surface area contributed by atoms with Gasteiger partial charge in [-0.15, -0.1) is 5.10 Å². The van der Waals surface area contributed by atoms with E-state index in [1.54, 1.807) is 6.20 Å². The minimum absolute atomic E-state index is 0.484. The highest BCUT2D eigenvalue weighted by atomic mass is 15.2. The number of nitrogens with zero attached hydrogens (tertiary/aromatic N) is 3. The van der Waals surface area contributed by atoms with E-state index in [1.165, 1.54) is 6.42 Å². The van der Waals surface area contributed by atoms with E-state index < -0.39 is 0 Å². The van der Waals surface area contributed by atoms with Crippen LogP contribution in [0.5, 0.6) is 0 Å². The highest BCUT2D eigenvalue weighted by Gasteiger charge is 2.11. The van der Waals surface area contributed by atoms with Gasteiger partial charge in [-0.3, -0.25) is 0 Å². The molecule has 1 atom stereocenters. The Kier molecular flexibility index (Phi) is 3.80. The Hall–Kier alpha value is -0.990. The fourth-order valence-corrected chi connectivity index (χ4v) is 1.39. The zero-order valence-electron chi connectivity index (χ0n) is 8.62. The number of hydrogen-bond acceptors (Lipinski definition) is 3. The number of rotatable bonds is 4. The molecule has 3 heteroatoms. The first-order chi connectivity index (χ1) is 6.27. The fraction of sp³-hybridized carbons (Fsp3) is 0.700. The van der Waals surface area contributed by atoms with E-state index in [2.05, 4.69) is 29.0 Å². The van der Waals surface area contributed by atoms with Gasteiger partial charge in [0.15, 0.2) is 5.82 Å². The summed E-state index contributed by atoms with van der Waals surface area (Å²) >= 11 is 0. The van der Waals surface area contributed by atoms with Crippen LogP contribution >= 0.6 is 0 Å². The maximum atomic E-state index is 4.29. The third kappa shape index (κ3) is 2.76. The first-order valence-corrected chi connectivity index (χ1v) is 4.94. The van der Waals surface area contributed by atoms with E-state index in [4.69, 9.17) is 0 Å². The van der Waals surface area contributed by atoms with Crippen LogP contribution in [0.3, 0.4) is 0 Å². The zero-order chi connectivity index (χ0) is 9.68. The minimum Gasteiger partial charge on any atom is -0.237 e. The minimum atomic E-state index is 0.484. The molecule has 0 aliphatic rings. The predicted octanol–water partition coefficient (Wildman–Crippen LogP) is 2.47. The molecule has 72 valence electrons. The third-order valence-corrected chi connectivity index (χ3v) is 2.19. The summed E-state index contributed by atoms with van der Waals surface area (Å²) in [6.07, 6.45) is 5.22. The largest absolute Gasteiger partial charge is 0.237 e. The van der Waals surface area contributed by atoms with Crippen molar-refractivity contribution in [1.82, 2.24) is 15.2 Å². The normalized spacial score (nSPS) is 12.8. The molecule has 0 bridgehead atoms. The SMILES string of the molecule is CCCC(CC)c1ncc(C)nn1. The summed E-state index contributed by atoms with van der Waals surface area (Å²) in [5.41, 5.74) is 0.884. The van der Waals surface area contributed by atoms with Crippen LogP contribution in [-0.2, 0) is 0 Å². The van der Waals surface area contributed by atoms with Gasteiger partial charge in [-0.1, -0.05) is 20.3 Å². The van der Waals surface area contributed by atoms with Gasteiger partial charge in [-0.2, -0.15) is 5.10 Å². The molecule has 1 aromatic rings. The Bertz CT molecular complexity index is 243. The molecule has 0 saturated heterocycles. The van der Waals surface area contributed by atoms with E-state index in [1.807, 2.05) is 6.92 Å². The van der Waals surface area contributed by atoms with Gasteiger partial charge in [0, 0.05) is 5.92 Å². The molecule has 0 N–H and O–H groups in total. The molecule has 0 aliphatic carbocycles. The molecule has 13 heavy (non-hydrogen) atoms. The molecule has 0 spiro atoms. The van der Waals surface area contributed by atoms with Crippen LogP contribution < -0.4 is 0 Å². The van der Waals surface area contributed by atoms with Gasteiger partial charge in [-0.25, -0.2) is 4.98 Å². The molecule has 1 heterocycles. The van der Waals surface area contributed by atoms with E-state index in [0.717, 1.165) is 24.4 Å². The first-order valence-electron chi connectivity index (χ1n) is 4.94. The molecule has 0 aliphatic heterocycles. The summed E-state index contributed by atoms with van der Waals surface area (Å²) in [5.74, 6) is 1.38. The van der Waals surface area contributed by atoms with E-state index >= 15 is 0 Å². The van der Waals surface area contributed by atoms with Crippen molar-refractivity contribution in [3.05, 3.63) is 17.7 Å². The van der Waals surface area contributed by atoms with Gasteiger partial charge in [0.25, 0.3) is 0 Å². The molecule has 0 saturated carbocycles. The quantitative estimate of drug-likeness (QED) is 0.712. The lowest BCUT2D eigenvalue weighted by molar-refractivity contribution is 0.552. The summed E-state index contributed by atoms with van der Waals surface area (Å²) in [6, 6.07) is 0. The highest BCUT2D eigenvalue weighted by Crippen LogP contribution is 2.20. The second-order valence-corrected chi connectivity index (χ2v) is 3.35. The fourth-order valence-electron chi connectivity index (χ4n) is 1.39. The van der Waals surface area contributed by atoms with Gasteiger partial charge in [0.1, 0.15) is 0 Å². The lowest BCUT2D eigenvalue weighted by atomic mass is 10.0. The van der Waals surface area contributed by atoms with Crippen molar-refractivity contribution in [1.29, 1.82) is 0 Å². The van der Waals surface area contributed by atoms with Gasteiger partial charge in [0.2, 0.25) is 0 Å². The van der Waals surface area contributed by atoms with Crippen LogP contribution in [-0.4, -0.2) is 15.2 Å². The van der Waals surface area contributed by atoms with Crippen LogP contribution in [0.2, 0.25) is 0 Å². The Morgan fingerprint density at radius 1 is 1.31 bits per heavy atom. The van der Waals surface area contributed by atoms with Gasteiger partial charge >= 0.3 is 0 Å². The Balaban J connectivity index is 2.73.